The van der Waals surface area contributed by atoms with Gasteiger partial charge in [-0.25, -0.2) is 0 Å². The van der Waals surface area contributed by atoms with Crippen LogP contribution < -0.4 is 5.19 Å². The second-order valence-corrected chi connectivity index (χ2v) is 5.90. The third kappa shape index (κ3) is 2.61. The summed E-state index contributed by atoms with van der Waals surface area (Å²) < 4.78 is 29.7. The van der Waals surface area contributed by atoms with Crippen LogP contribution in [0.4, 0.5) is 0 Å². The number of hydrogen-bond acceptors (Lipinski definition) is 5. The van der Waals surface area contributed by atoms with E-state index < -0.39 is 18.9 Å². The third-order valence-corrected chi connectivity index (χ3v) is 3.52. The highest BCUT2D eigenvalue weighted by Crippen LogP contribution is 2.06. The van der Waals surface area contributed by atoms with Crippen LogP contribution >= 0.6 is 0 Å². The van der Waals surface area contributed by atoms with Crippen LogP contribution in [0.25, 0.3) is 0 Å². The van der Waals surface area contributed by atoms with E-state index in [0.29, 0.717) is 0 Å². The van der Waals surface area contributed by atoms with Gasteiger partial charge in [-0.3, -0.25) is 4.55 Å². The van der Waals surface area contributed by atoms with Gasteiger partial charge in [-0.1, -0.05) is 12.1 Å². The zero-order chi connectivity index (χ0) is 11.0. The van der Waals surface area contributed by atoms with Crippen molar-refractivity contribution >= 4 is 24.1 Å². The molecule has 8 heteroatoms. The van der Waals surface area contributed by atoms with Crippen molar-refractivity contribution in [3.8, 4) is 0 Å². The van der Waals surface area contributed by atoms with Gasteiger partial charge in [0.05, 0.1) is 4.90 Å². The molecule has 0 saturated carbocycles. The molecule has 0 fully saturated rings. The zero-order valence-electron chi connectivity index (χ0n) is 6.82. The fraction of sp³-hybridized carbons (Fsp3) is 0. The number of hydrogen-bond donors (Lipinski definition) is 4. The van der Waals surface area contributed by atoms with E-state index >= 15 is 0 Å². The van der Waals surface area contributed by atoms with Gasteiger partial charge in [-0.05, 0) is 12.1 Å². The number of benzene rings is 1. The van der Waals surface area contributed by atoms with E-state index in [9.17, 15) is 8.42 Å². The molecule has 0 aromatic heterocycles. The second kappa shape index (κ2) is 3.42. The first kappa shape index (κ1) is 11.3. The molecule has 1 aromatic rings. The van der Waals surface area contributed by atoms with Crippen LogP contribution in [0.15, 0.2) is 29.2 Å². The Morgan fingerprint density at radius 3 is 1.71 bits per heavy atom. The molecule has 78 valence electrons. The lowest BCUT2D eigenvalue weighted by molar-refractivity contribution is 0.249. The molecule has 0 amide bonds. The van der Waals surface area contributed by atoms with Gasteiger partial charge in [0, 0.05) is 5.19 Å². The van der Waals surface area contributed by atoms with Crippen molar-refractivity contribution in [1.82, 2.24) is 0 Å². The highest BCUT2D eigenvalue weighted by atomic mass is 32.2. The predicted octanol–water partition coefficient (Wildman–Crippen LogP) is -1.94. The Hall–Kier alpha value is -0.773. The summed E-state index contributed by atoms with van der Waals surface area (Å²) in [4.78, 5) is 26.1. The van der Waals surface area contributed by atoms with Gasteiger partial charge in [0.25, 0.3) is 10.1 Å². The molecule has 14 heavy (non-hydrogen) atoms. The lowest BCUT2D eigenvalue weighted by atomic mass is 10.4. The number of rotatable bonds is 2. The highest BCUT2D eigenvalue weighted by Gasteiger charge is 2.30. The molecular formula is C6H8O6SSi. The van der Waals surface area contributed by atoms with Crippen molar-refractivity contribution in [2.24, 2.45) is 0 Å². The summed E-state index contributed by atoms with van der Waals surface area (Å²) in [5.41, 5.74) is 0. The molecule has 0 atom stereocenters. The maximum absolute atomic E-state index is 10.6. The van der Waals surface area contributed by atoms with Crippen molar-refractivity contribution in [3.63, 3.8) is 0 Å². The molecule has 0 unspecified atom stereocenters. The fourth-order valence-corrected chi connectivity index (χ4v) is 1.94. The molecule has 0 bridgehead atoms. The average Bonchev–Trinajstić information content (AvgIpc) is 2.01. The molecule has 1 aromatic carbocycles. The summed E-state index contributed by atoms with van der Waals surface area (Å²) in [6.07, 6.45) is 0. The largest absolute Gasteiger partial charge is 0.528 e. The Morgan fingerprint density at radius 2 is 1.43 bits per heavy atom. The van der Waals surface area contributed by atoms with Crippen LogP contribution in [0.3, 0.4) is 0 Å². The van der Waals surface area contributed by atoms with Crippen molar-refractivity contribution < 1.29 is 27.4 Å². The smallest absolute Gasteiger partial charge is 0.386 e. The van der Waals surface area contributed by atoms with E-state index in [0.717, 1.165) is 24.3 Å². The predicted molar refractivity (Wildman–Crippen MR) is 48.3 cm³/mol. The molecular weight excluding hydrogens is 228 g/mol. The van der Waals surface area contributed by atoms with Crippen LogP contribution in [0.2, 0.25) is 0 Å². The SMILES string of the molecule is O=S(=O)(O)c1ccc([Si](O)(O)O)cc1. The van der Waals surface area contributed by atoms with E-state index in [4.69, 9.17) is 18.9 Å². The van der Waals surface area contributed by atoms with Gasteiger partial charge in [0.15, 0.2) is 0 Å². The quantitative estimate of drug-likeness (QED) is 0.351. The minimum Gasteiger partial charge on any atom is -0.386 e. The van der Waals surface area contributed by atoms with E-state index in [1.54, 1.807) is 0 Å². The van der Waals surface area contributed by atoms with E-state index in [2.05, 4.69) is 0 Å². The maximum atomic E-state index is 10.6. The van der Waals surface area contributed by atoms with Gasteiger partial charge in [0.1, 0.15) is 0 Å². The standard InChI is InChI=1S/C6H8O6SSi/c7-13(8,9)5-1-3-6(4-2-5)14(10,11)12/h1-4,10-12H,(H,7,8,9). The van der Waals surface area contributed by atoms with Gasteiger partial charge in [-0.15, -0.1) is 0 Å². The van der Waals surface area contributed by atoms with E-state index in [1.165, 1.54) is 0 Å². The molecule has 0 radical (unpaired) electrons. The van der Waals surface area contributed by atoms with Gasteiger partial charge in [-0.2, -0.15) is 8.42 Å². The van der Waals surface area contributed by atoms with Crippen LogP contribution in [0.5, 0.6) is 0 Å². The first-order valence-corrected chi connectivity index (χ1v) is 6.74. The van der Waals surface area contributed by atoms with Gasteiger partial charge < -0.3 is 14.4 Å². The Morgan fingerprint density at radius 1 is 1.00 bits per heavy atom. The molecule has 0 saturated heterocycles. The molecule has 0 aliphatic rings. The fourth-order valence-electron chi connectivity index (χ4n) is 0.851. The first-order chi connectivity index (χ1) is 6.21. The Kier molecular flexibility index (Phi) is 2.76. The molecule has 1 rings (SSSR count). The van der Waals surface area contributed by atoms with Crippen molar-refractivity contribution in [2.75, 3.05) is 0 Å². The Balaban J connectivity index is 3.14. The lowest BCUT2D eigenvalue weighted by Crippen LogP contribution is -2.48. The molecule has 6 nitrogen and oxygen atoms in total. The summed E-state index contributed by atoms with van der Waals surface area (Å²) in [5, 5.41) is -0.162. The van der Waals surface area contributed by atoms with Crippen molar-refractivity contribution in [2.45, 2.75) is 4.90 Å². The topological polar surface area (TPSA) is 115 Å². The highest BCUT2D eigenvalue weighted by molar-refractivity contribution is 7.85. The second-order valence-electron chi connectivity index (χ2n) is 2.63. The summed E-state index contributed by atoms with van der Waals surface area (Å²) in [7, 11) is -8.69. The Labute approximate surface area is 81.2 Å². The maximum Gasteiger partial charge on any atom is 0.528 e. The normalized spacial score (nSPS) is 12.9. The van der Waals surface area contributed by atoms with Gasteiger partial charge >= 0.3 is 8.80 Å². The summed E-state index contributed by atoms with van der Waals surface area (Å²) in [6, 6.07) is 3.98. The van der Waals surface area contributed by atoms with Crippen LogP contribution in [-0.2, 0) is 10.1 Å². The van der Waals surface area contributed by atoms with Crippen LogP contribution in [-0.4, -0.2) is 36.2 Å². The Bertz CT molecular complexity index is 417. The monoisotopic (exact) mass is 236 g/mol. The first-order valence-electron chi connectivity index (χ1n) is 3.46. The minimum atomic E-state index is -4.39. The molecule has 0 aliphatic carbocycles. The van der Waals surface area contributed by atoms with Crippen molar-refractivity contribution in [1.29, 1.82) is 0 Å². The average molecular weight is 236 g/mol. The molecule has 0 spiro atoms. The molecule has 4 N–H and O–H groups in total. The minimum absolute atomic E-state index is 0.162. The van der Waals surface area contributed by atoms with E-state index in [1.807, 2.05) is 0 Å². The van der Waals surface area contributed by atoms with Crippen LogP contribution in [0, 0.1) is 0 Å². The zero-order valence-corrected chi connectivity index (χ0v) is 8.64. The molecule has 0 heterocycles. The third-order valence-electron chi connectivity index (χ3n) is 1.54. The molecule has 0 aliphatic heterocycles. The van der Waals surface area contributed by atoms with Crippen LogP contribution in [0.1, 0.15) is 0 Å². The van der Waals surface area contributed by atoms with Gasteiger partial charge in [0.2, 0.25) is 0 Å². The van der Waals surface area contributed by atoms with Crippen molar-refractivity contribution in [3.05, 3.63) is 24.3 Å². The van der Waals surface area contributed by atoms with E-state index in [-0.39, 0.29) is 10.1 Å². The lowest BCUT2D eigenvalue weighted by Gasteiger charge is -2.09. The summed E-state index contributed by atoms with van der Waals surface area (Å²) >= 11 is 0. The summed E-state index contributed by atoms with van der Waals surface area (Å²) in [6.45, 7) is 0. The summed E-state index contributed by atoms with van der Waals surface area (Å²) in [5.74, 6) is 0.